The van der Waals surface area contributed by atoms with Crippen molar-refractivity contribution in [3.8, 4) is 5.69 Å². The molecule has 0 aliphatic carbocycles. The van der Waals surface area contributed by atoms with Gasteiger partial charge in [-0.3, -0.25) is 14.2 Å². The molecule has 0 radical (unpaired) electrons. The minimum Gasteiger partial charge on any atom is -0.338 e. The van der Waals surface area contributed by atoms with Crippen molar-refractivity contribution in [2.24, 2.45) is 0 Å². The fourth-order valence-corrected chi connectivity index (χ4v) is 4.31. The Morgan fingerprint density at radius 1 is 1.20 bits per heavy atom. The number of hydrogen-bond acceptors (Lipinski definition) is 4. The number of likely N-dealkylation sites (N-methyl/N-ethyl adjacent to an activating group) is 1. The van der Waals surface area contributed by atoms with E-state index in [1.54, 1.807) is 15.5 Å². The van der Waals surface area contributed by atoms with Crippen LogP contribution in [-0.4, -0.2) is 39.2 Å². The summed E-state index contributed by atoms with van der Waals surface area (Å²) in [5, 5.41) is 1.08. The van der Waals surface area contributed by atoms with Gasteiger partial charge in [0.1, 0.15) is 0 Å². The first-order valence-electron chi connectivity index (χ1n) is 9.96. The maximum absolute atomic E-state index is 13.4. The highest BCUT2D eigenvalue weighted by Crippen LogP contribution is 2.24. The Balaban J connectivity index is 2.06. The van der Waals surface area contributed by atoms with Crippen LogP contribution in [0.5, 0.6) is 0 Å². The van der Waals surface area contributed by atoms with Gasteiger partial charge in [0.2, 0.25) is 5.91 Å². The Morgan fingerprint density at radius 3 is 2.60 bits per heavy atom. The normalized spacial score (nSPS) is 10.9. The van der Waals surface area contributed by atoms with Crippen molar-refractivity contribution in [1.29, 1.82) is 0 Å². The van der Waals surface area contributed by atoms with Crippen LogP contribution in [0.15, 0.2) is 64.6 Å². The SMILES string of the molecule is C=C(C)CN(CC)C(=O)CSc1nc2ccccc2c(=O)n1-c1ccc(C)cc1C. The Morgan fingerprint density at radius 2 is 1.93 bits per heavy atom. The summed E-state index contributed by atoms with van der Waals surface area (Å²) in [6.45, 7) is 12.9. The molecule has 0 aliphatic rings. The molecule has 2 aromatic carbocycles. The van der Waals surface area contributed by atoms with Crippen molar-refractivity contribution < 1.29 is 4.79 Å². The number of carbonyl (C=O) groups excluding carboxylic acids is 1. The van der Waals surface area contributed by atoms with Gasteiger partial charge in [-0.05, 0) is 51.5 Å². The Kier molecular flexibility index (Phi) is 6.77. The third kappa shape index (κ3) is 4.65. The zero-order valence-corrected chi connectivity index (χ0v) is 18.8. The van der Waals surface area contributed by atoms with E-state index < -0.39 is 0 Å². The summed E-state index contributed by atoms with van der Waals surface area (Å²) in [6, 6.07) is 13.3. The van der Waals surface area contributed by atoms with Gasteiger partial charge in [0.05, 0.1) is 22.3 Å². The predicted octanol–water partition coefficient (Wildman–Crippen LogP) is 4.52. The average Bonchev–Trinajstić information content (AvgIpc) is 2.71. The van der Waals surface area contributed by atoms with Crippen molar-refractivity contribution in [3.63, 3.8) is 0 Å². The second-order valence-electron chi connectivity index (χ2n) is 7.50. The molecule has 1 heterocycles. The molecular weight excluding hydrogens is 394 g/mol. The van der Waals surface area contributed by atoms with Crippen LogP contribution in [0, 0.1) is 13.8 Å². The molecule has 3 aromatic rings. The van der Waals surface area contributed by atoms with Gasteiger partial charge >= 0.3 is 0 Å². The lowest BCUT2D eigenvalue weighted by molar-refractivity contribution is -0.127. The van der Waals surface area contributed by atoms with Crippen molar-refractivity contribution >= 4 is 28.6 Å². The molecule has 5 nitrogen and oxygen atoms in total. The Labute approximate surface area is 181 Å². The van der Waals surface area contributed by atoms with E-state index in [9.17, 15) is 9.59 Å². The van der Waals surface area contributed by atoms with Gasteiger partial charge in [-0.1, -0.05) is 53.7 Å². The van der Waals surface area contributed by atoms with E-state index in [-0.39, 0.29) is 17.2 Å². The average molecular weight is 422 g/mol. The monoisotopic (exact) mass is 421 g/mol. The van der Waals surface area contributed by atoms with E-state index in [0.717, 1.165) is 22.4 Å². The molecule has 30 heavy (non-hydrogen) atoms. The standard InChI is InChI=1S/C24H27N3O2S/c1-6-26(14-16(2)3)22(28)15-30-24-25-20-10-8-7-9-19(20)23(29)27(24)21-12-11-17(4)13-18(21)5/h7-13H,2,6,14-15H2,1,3-5H3. The largest absolute Gasteiger partial charge is 0.338 e. The van der Waals surface area contributed by atoms with Crippen LogP contribution in [0.3, 0.4) is 0 Å². The Bertz CT molecular complexity index is 1170. The van der Waals surface area contributed by atoms with Crippen LogP contribution in [-0.2, 0) is 4.79 Å². The first kappa shape index (κ1) is 21.8. The van der Waals surface area contributed by atoms with Crippen molar-refractivity contribution in [3.05, 3.63) is 76.1 Å². The Hall–Kier alpha value is -2.86. The zero-order chi connectivity index (χ0) is 21.8. The van der Waals surface area contributed by atoms with Crippen LogP contribution in [0.4, 0.5) is 0 Å². The van der Waals surface area contributed by atoms with Crippen LogP contribution >= 0.6 is 11.8 Å². The number of rotatable bonds is 7. The highest BCUT2D eigenvalue weighted by Gasteiger charge is 2.18. The fourth-order valence-electron chi connectivity index (χ4n) is 3.40. The van der Waals surface area contributed by atoms with Crippen LogP contribution in [0.2, 0.25) is 0 Å². The van der Waals surface area contributed by atoms with Crippen molar-refractivity contribution in [2.75, 3.05) is 18.8 Å². The lowest BCUT2D eigenvalue weighted by Crippen LogP contribution is -2.33. The van der Waals surface area contributed by atoms with Gasteiger partial charge in [-0.2, -0.15) is 0 Å². The number of nitrogens with zero attached hydrogens (tertiary/aromatic N) is 3. The number of thioether (sulfide) groups is 1. The van der Waals surface area contributed by atoms with E-state index in [1.165, 1.54) is 11.8 Å². The number of aryl methyl sites for hydroxylation is 2. The highest BCUT2D eigenvalue weighted by atomic mass is 32.2. The van der Waals surface area contributed by atoms with Gasteiger partial charge < -0.3 is 4.90 Å². The number of benzene rings is 2. The molecule has 0 aliphatic heterocycles. The van der Waals surface area contributed by atoms with Gasteiger partial charge in [-0.15, -0.1) is 0 Å². The summed E-state index contributed by atoms with van der Waals surface area (Å²) in [7, 11) is 0. The minimum atomic E-state index is -0.128. The number of para-hydroxylation sites is 1. The molecular formula is C24H27N3O2S. The fraction of sp³-hybridized carbons (Fsp3) is 0.292. The van der Waals surface area contributed by atoms with Gasteiger partial charge in [0.25, 0.3) is 5.56 Å². The van der Waals surface area contributed by atoms with E-state index in [2.05, 4.69) is 6.58 Å². The highest BCUT2D eigenvalue weighted by molar-refractivity contribution is 7.99. The van der Waals surface area contributed by atoms with Gasteiger partial charge in [0, 0.05) is 13.1 Å². The van der Waals surface area contributed by atoms with Gasteiger partial charge in [0.15, 0.2) is 5.16 Å². The van der Waals surface area contributed by atoms with Crippen LogP contribution in [0.25, 0.3) is 16.6 Å². The third-order valence-corrected chi connectivity index (χ3v) is 5.78. The van der Waals surface area contributed by atoms with E-state index in [1.807, 2.05) is 64.1 Å². The smallest absolute Gasteiger partial charge is 0.266 e. The molecule has 0 saturated heterocycles. The lowest BCUT2D eigenvalue weighted by Gasteiger charge is -2.21. The maximum Gasteiger partial charge on any atom is 0.266 e. The van der Waals surface area contributed by atoms with Crippen LogP contribution in [0.1, 0.15) is 25.0 Å². The molecule has 156 valence electrons. The van der Waals surface area contributed by atoms with Crippen molar-refractivity contribution in [2.45, 2.75) is 32.9 Å². The first-order chi connectivity index (χ1) is 14.3. The number of hydrogen-bond donors (Lipinski definition) is 0. The molecule has 0 bridgehead atoms. The van der Waals surface area contributed by atoms with Crippen molar-refractivity contribution in [1.82, 2.24) is 14.5 Å². The molecule has 0 saturated carbocycles. The van der Waals surface area contributed by atoms with E-state index in [0.29, 0.717) is 29.1 Å². The topological polar surface area (TPSA) is 55.2 Å². The second kappa shape index (κ2) is 9.30. The van der Waals surface area contributed by atoms with E-state index in [4.69, 9.17) is 4.98 Å². The molecule has 1 aromatic heterocycles. The summed E-state index contributed by atoms with van der Waals surface area (Å²) < 4.78 is 1.63. The third-order valence-electron chi connectivity index (χ3n) is 4.86. The summed E-state index contributed by atoms with van der Waals surface area (Å²) in [4.78, 5) is 32.6. The summed E-state index contributed by atoms with van der Waals surface area (Å²) >= 11 is 1.29. The predicted molar refractivity (Wildman–Crippen MR) is 125 cm³/mol. The summed E-state index contributed by atoms with van der Waals surface area (Å²) in [5.41, 5.74) is 4.34. The number of carbonyl (C=O) groups is 1. The lowest BCUT2D eigenvalue weighted by atomic mass is 10.1. The molecule has 6 heteroatoms. The molecule has 3 rings (SSSR count). The van der Waals surface area contributed by atoms with E-state index >= 15 is 0 Å². The quantitative estimate of drug-likeness (QED) is 0.320. The molecule has 0 spiro atoms. The minimum absolute atomic E-state index is 0.0000793. The maximum atomic E-state index is 13.4. The molecule has 0 unspecified atom stereocenters. The number of amides is 1. The van der Waals surface area contributed by atoms with Crippen LogP contribution < -0.4 is 5.56 Å². The number of aromatic nitrogens is 2. The summed E-state index contributed by atoms with van der Waals surface area (Å²) in [6.07, 6.45) is 0. The molecule has 0 fully saturated rings. The molecule has 0 N–H and O–H groups in total. The number of fused-ring (bicyclic) bond motifs is 1. The zero-order valence-electron chi connectivity index (χ0n) is 17.9. The molecule has 1 amide bonds. The van der Waals surface area contributed by atoms with Gasteiger partial charge in [-0.25, -0.2) is 4.98 Å². The second-order valence-corrected chi connectivity index (χ2v) is 8.44. The molecule has 0 atom stereocenters. The summed E-state index contributed by atoms with van der Waals surface area (Å²) in [5.74, 6) is 0.205. The first-order valence-corrected chi connectivity index (χ1v) is 10.9.